The number of carbonyl (C=O) groups excluding carboxylic acids is 4. The number of fused-ring (bicyclic) bond motifs is 2. The van der Waals surface area contributed by atoms with E-state index in [1.807, 2.05) is 49.0 Å². The summed E-state index contributed by atoms with van der Waals surface area (Å²) in [6.07, 6.45) is 5.52. The summed E-state index contributed by atoms with van der Waals surface area (Å²) in [5, 5.41) is 16.0. The Morgan fingerprint density at radius 2 is 1.45 bits per heavy atom. The van der Waals surface area contributed by atoms with Gasteiger partial charge in [0.1, 0.15) is 33.9 Å². The maximum Gasteiger partial charge on any atom is 0.276 e. The molecule has 4 aromatic heterocycles. The van der Waals surface area contributed by atoms with Gasteiger partial charge in [0.25, 0.3) is 11.8 Å². The molecule has 1 aliphatic rings. The lowest BCUT2D eigenvalue weighted by molar-refractivity contribution is 0.0358. The highest BCUT2D eigenvalue weighted by molar-refractivity contribution is 6.04. The molecule has 1 fully saturated rings. The Balaban J connectivity index is 0.000000637. The molecule has 1 aliphatic heterocycles. The first-order chi connectivity index (χ1) is 31.8. The van der Waals surface area contributed by atoms with Gasteiger partial charge in [0.2, 0.25) is 17.8 Å². The Kier molecular flexibility index (Phi) is 16.3. The molecule has 3 amide bonds. The molecule has 2 aromatic carbocycles. The molecule has 0 unspecified atom stereocenters. The lowest BCUT2D eigenvalue weighted by Crippen LogP contribution is -2.37. The summed E-state index contributed by atoms with van der Waals surface area (Å²) in [5.74, 6) is 0.504. The zero-order valence-corrected chi connectivity index (χ0v) is 38.9. The number of nitrogens with one attached hydrogen (secondary N) is 3. The first kappa shape index (κ1) is 48.4. The molecular weight excluding hydrogens is 849 g/mol. The van der Waals surface area contributed by atoms with Crippen molar-refractivity contribution in [3.05, 3.63) is 82.5 Å². The summed E-state index contributed by atoms with van der Waals surface area (Å²) in [7, 11) is 6.57. The number of nitrogens with two attached hydrogens (primary N) is 1. The van der Waals surface area contributed by atoms with Crippen molar-refractivity contribution in [2.24, 2.45) is 5.73 Å². The second-order valence-electron chi connectivity index (χ2n) is 15.4. The maximum atomic E-state index is 13.6. The number of nitrogens with zero attached hydrogens (tertiary/aromatic N) is 10. The smallest absolute Gasteiger partial charge is 0.276 e. The number of aromatic nitrogens is 8. The van der Waals surface area contributed by atoms with Gasteiger partial charge in [0.15, 0.2) is 6.29 Å². The van der Waals surface area contributed by atoms with Crippen LogP contribution in [-0.4, -0.2) is 140 Å². The van der Waals surface area contributed by atoms with Crippen LogP contribution in [0.25, 0.3) is 22.1 Å². The largest absolute Gasteiger partial charge is 0.494 e. The van der Waals surface area contributed by atoms with Crippen LogP contribution in [0.4, 0.5) is 11.9 Å². The number of imidazole rings is 2. The highest BCUT2D eigenvalue weighted by Crippen LogP contribution is 2.33. The number of benzene rings is 2. The van der Waals surface area contributed by atoms with E-state index in [0.29, 0.717) is 87.4 Å². The average Bonchev–Trinajstić information content (AvgIpc) is 4.10. The number of morpholine rings is 1. The van der Waals surface area contributed by atoms with Gasteiger partial charge in [0, 0.05) is 78.1 Å². The molecular formula is C45H60N14O7. The van der Waals surface area contributed by atoms with Gasteiger partial charge in [-0.25, -0.2) is 15.4 Å². The van der Waals surface area contributed by atoms with Crippen molar-refractivity contribution < 1.29 is 33.4 Å². The van der Waals surface area contributed by atoms with Crippen molar-refractivity contribution >= 4 is 58.0 Å². The van der Waals surface area contributed by atoms with E-state index in [2.05, 4.69) is 31.2 Å². The molecule has 7 rings (SSSR count). The predicted octanol–water partition coefficient (Wildman–Crippen LogP) is 3.90. The van der Waals surface area contributed by atoms with Crippen LogP contribution in [0.15, 0.2) is 48.6 Å². The molecule has 1 saturated heterocycles. The quantitative estimate of drug-likeness (QED) is 0.0391. The summed E-state index contributed by atoms with van der Waals surface area (Å²) >= 11 is 0. The van der Waals surface area contributed by atoms with Crippen molar-refractivity contribution in [2.75, 3.05) is 78.3 Å². The number of hydrogen-bond donors (Lipinski definition) is 4. The van der Waals surface area contributed by atoms with Gasteiger partial charge in [-0.15, -0.1) is 0 Å². The van der Waals surface area contributed by atoms with Gasteiger partial charge < -0.3 is 34.4 Å². The molecule has 0 aliphatic carbocycles. The zero-order valence-electron chi connectivity index (χ0n) is 38.9. The second-order valence-corrected chi connectivity index (χ2v) is 15.4. The number of ether oxygens (including phenoxy) is 3. The standard InChI is InChI=1S/C38H50N12O6.C7H10N2O/c1-7-50-29(19-24(2)45-50)35(52)44-38-43-28-21-26(36(53)46(5)41-4)23-30(54-6)32(28)49(38)13-9-8-12-48-33-27(42-37(48)40-3)20-25(34(39)51)22-31(33)56-16-10-11-47-14-17-55-18-15-47;1-3-9-7(5-10)4-6(2)8-9/h8-9,19-23,41H,7,10-18H2,1-6H3,(H2,39,51)(H,40,42)(H,43,44,52);4-5H,3H2,1-2H3/b9-8+;. The monoisotopic (exact) mass is 908 g/mol. The molecule has 6 aromatic rings. The maximum absolute atomic E-state index is 13.6. The number of methoxy groups -OCH3 is 1. The van der Waals surface area contributed by atoms with E-state index < -0.39 is 5.91 Å². The van der Waals surface area contributed by atoms with E-state index in [4.69, 9.17) is 29.9 Å². The number of anilines is 2. The molecule has 5 heterocycles. The van der Waals surface area contributed by atoms with Gasteiger partial charge in [-0.1, -0.05) is 12.2 Å². The summed E-state index contributed by atoms with van der Waals surface area (Å²) < 4.78 is 24.7. The van der Waals surface area contributed by atoms with Crippen LogP contribution in [0.2, 0.25) is 0 Å². The highest BCUT2D eigenvalue weighted by atomic mass is 16.5. The number of amides is 3. The van der Waals surface area contributed by atoms with Crippen LogP contribution in [0.3, 0.4) is 0 Å². The zero-order chi connectivity index (χ0) is 47.5. The van der Waals surface area contributed by atoms with E-state index in [0.717, 1.165) is 57.8 Å². The first-order valence-corrected chi connectivity index (χ1v) is 21.8. The molecule has 21 nitrogen and oxygen atoms in total. The Morgan fingerprint density at radius 3 is 2.06 bits per heavy atom. The first-order valence-electron chi connectivity index (χ1n) is 21.8. The second kappa shape index (κ2) is 22.2. The molecule has 5 N–H and O–H groups in total. The third-order valence-electron chi connectivity index (χ3n) is 11.0. The van der Waals surface area contributed by atoms with Crippen LogP contribution in [0.1, 0.15) is 73.3 Å². The number of hydrazine groups is 1. The number of primary amides is 1. The van der Waals surface area contributed by atoms with Crippen molar-refractivity contribution in [1.82, 2.24) is 54.0 Å². The van der Waals surface area contributed by atoms with Crippen molar-refractivity contribution in [3.63, 3.8) is 0 Å². The molecule has 352 valence electrons. The third-order valence-corrected chi connectivity index (χ3v) is 11.0. The fourth-order valence-corrected chi connectivity index (χ4v) is 7.63. The van der Waals surface area contributed by atoms with Crippen molar-refractivity contribution in [3.8, 4) is 11.5 Å². The average molecular weight is 909 g/mol. The topological polar surface area (TPSA) is 236 Å². The van der Waals surface area contributed by atoms with Crippen LogP contribution in [0.5, 0.6) is 11.5 Å². The minimum atomic E-state index is -0.573. The number of aldehydes is 1. The van der Waals surface area contributed by atoms with E-state index in [1.54, 1.807) is 66.9 Å². The van der Waals surface area contributed by atoms with Gasteiger partial charge in [-0.2, -0.15) is 10.2 Å². The lowest BCUT2D eigenvalue weighted by Gasteiger charge is -2.26. The van der Waals surface area contributed by atoms with Crippen LogP contribution < -0.4 is 31.3 Å². The summed E-state index contributed by atoms with van der Waals surface area (Å²) in [4.78, 5) is 61.3. The van der Waals surface area contributed by atoms with Gasteiger partial charge >= 0.3 is 0 Å². The SMILES string of the molecule is CCn1nc(C)cc1C(=O)Nc1nc2cc(C(=O)N(C)NC)cc(OC)c2n1C/C=C/Cn1c(NC)nc2cc(C(N)=O)cc(OCCCN3CCOCC3)c21.CCn1nc(C)cc1C=O. The van der Waals surface area contributed by atoms with Gasteiger partial charge in [-0.05, 0) is 70.5 Å². The van der Waals surface area contributed by atoms with Gasteiger partial charge in [0.05, 0.1) is 49.4 Å². The lowest BCUT2D eigenvalue weighted by atomic mass is 10.1. The summed E-state index contributed by atoms with van der Waals surface area (Å²) in [5.41, 5.74) is 14.2. The minimum absolute atomic E-state index is 0.261. The number of hydrogen-bond acceptors (Lipinski definition) is 14. The van der Waals surface area contributed by atoms with E-state index in [1.165, 1.54) is 12.1 Å². The third kappa shape index (κ3) is 11.0. The molecule has 0 saturated carbocycles. The number of aryl methyl sites for hydroxylation is 4. The Hall–Kier alpha value is -7.10. The van der Waals surface area contributed by atoms with Crippen LogP contribution in [0, 0.1) is 13.8 Å². The summed E-state index contributed by atoms with van der Waals surface area (Å²) in [6, 6.07) is 10.2. The molecule has 0 bridgehead atoms. The normalized spacial score (nSPS) is 12.9. The number of allylic oxidation sites excluding steroid dienone is 2. The minimum Gasteiger partial charge on any atom is -0.494 e. The van der Waals surface area contributed by atoms with E-state index in [-0.39, 0.29) is 24.3 Å². The number of carbonyl (C=O) groups is 4. The predicted molar refractivity (Wildman–Crippen MR) is 250 cm³/mol. The fraction of sp³-hybridized carbons (Fsp3) is 0.422. The van der Waals surface area contributed by atoms with Crippen molar-refractivity contribution in [2.45, 2.75) is 60.3 Å². The van der Waals surface area contributed by atoms with Gasteiger partial charge in [-0.3, -0.25) is 43.8 Å². The van der Waals surface area contributed by atoms with E-state index in [9.17, 15) is 19.2 Å². The number of rotatable bonds is 19. The molecule has 21 heteroatoms. The Labute approximate surface area is 382 Å². The molecule has 0 spiro atoms. The molecule has 66 heavy (non-hydrogen) atoms. The molecule has 0 atom stereocenters. The van der Waals surface area contributed by atoms with Crippen LogP contribution >= 0.6 is 0 Å². The fourth-order valence-electron chi connectivity index (χ4n) is 7.63. The Bertz CT molecular complexity index is 2710. The Morgan fingerprint density at radius 1 is 0.848 bits per heavy atom. The molecule has 0 radical (unpaired) electrons. The van der Waals surface area contributed by atoms with Crippen molar-refractivity contribution in [1.29, 1.82) is 0 Å². The van der Waals surface area contributed by atoms with Crippen LogP contribution in [-0.2, 0) is 30.9 Å². The highest BCUT2D eigenvalue weighted by Gasteiger charge is 2.23. The van der Waals surface area contributed by atoms with E-state index >= 15 is 0 Å². The summed E-state index contributed by atoms with van der Waals surface area (Å²) in [6.45, 7) is 14.0.